The summed E-state index contributed by atoms with van der Waals surface area (Å²) in [5, 5.41) is 8.69. The fourth-order valence-electron chi connectivity index (χ4n) is 3.29. The summed E-state index contributed by atoms with van der Waals surface area (Å²) in [5.41, 5.74) is -0.220. The van der Waals surface area contributed by atoms with Crippen molar-refractivity contribution in [1.29, 1.82) is 5.26 Å². The molecule has 0 unspecified atom stereocenters. The van der Waals surface area contributed by atoms with Gasteiger partial charge in [-0.15, -0.1) is 0 Å². The summed E-state index contributed by atoms with van der Waals surface area (Å²) in [5.74, 6) is -4.41. The molecule has 138 valence electrons. The fraction of sp³-hybridized carbons (Fsp3) is 0.471. The molecule has 1 atom stereocenters. The van der Waals surface area contributed by atoms with Crippen LogP contribution in [0.4, 0.5) is 18.0 Å². The molecule has 6 nitrogen and oxygen atoms in total. The van der Waals surface area contributed by atoms with Gasteiger partial charge in [-0.2, -0.15) is 5.26 Å². The van der Waals surface area contributed by atoms with E-state index >= 15 is 0 Å². The zero-order valence-electron chi connectivity index (χ0n) is 13.8. The van der Waals surface area contributed by atoms with Gasteiger partial charge in [-0.3, -0.25) is 9.69 Å². The Labute approximate surface area is 147 Å². The van der Waals surface area contributed by atoms with E-state index in [9.17, 15) is 22.8 Å². The van der Waals surface area contributed by atoms with Gasteiger partial charge in [0.2, 0.25) is 5.91 Å². The zero-order chi connectivity index (χ0) is 18.9. The highest BCUT2D eigenvalue weighted by Crippen LogP contribution is 2.32. The molecule has 0 N–H and O–H groups in total. The Bertz CT molecular complexity index is 778. The maximum absolute atomic E-state index is 14.1. The molecule has 0 saturated carbocycles. The number of amides is 2. The fourth-order valence-corrected chi connectivity index (χ4v) is 3.29. The number of hydrogen-bond donors (Lipinski definition) is 0. The summed E-state index contributed by atoms with van der Waals surface area (Å²) >= 11 is 0. The van der Waals surface area contributed by atoms with Crippen molar-refractivity contribution in [3.63, 3.8) is 0 Å². The highest BCUT2D eigenvalue weighted by atomic mass is 19.3. The average Bonchev–Trinajstić information content (AvgIpc) is 2.99. The Morgan fingerprint density at radius 3 is 2.77 bits per heavy atom. The number of carbonyl (C=O) groups is 2. The Morgan fingerprint density at radius 2 is 2.15 bits per heavy atom. The molecule has 9 heteroatoms. The first-order valence-electron chi connectivity index (χ1n) is 8.13. The van der Waals surface area contributed by atoms with E-state index in [1.165, 1.54) is 11.0 Å². The van der Waals surface area contributed by atoms with Gasteiger partial charge >= 0.3 is 6.09 Å². The quantitative estimate of drug-likeness (QED) is 0.805. The van der Waals surface area contributed by atoms with Gasteiger partial charge in [0.1, 0.15) is 17.6 Å². The van der Waals surface area contributed by atoms with E-state index in [1.54, 1.807) is 6.07 Å². The van der Waals surface area contributed by atoms with Crippen LogP contribution in [0.2, 0.25) is 0 Å². The van der Waals surface area contributed by atoms with Crippen molar-refractivity contribution in [1.82, 2.24) is 9.80 Å². The summed E-state index contributed by atoms with van der Waals surface area (Å²) in [6.07, 6.45) is -0.633. The minimum absolute atomic E-state index is 0.0705. The number of alkyl halides is 2. The van der Waals surface area contributed by atoms with Gasteiger partial charge in [0.25, 0.3) is 5.92 Å². The van der Waals surface area contributed by atoms with Gasteiger partial charge in [-0.1, -0.05) is 0 Å². The first kappa shape index (κ1) is 18.0. The van der Waals surface area contributed by atoms with Crippen LogP contribution in [-0.2, 0) is 4.79 Å². The molecule has 1 aromatic carbocycles. The molecular weight excluding hydrogens is 351 g/mol. The summed E-state index contributed by atoms with van der Waals surface area (Å²) < 4.78 is 46.7. The zero-order valence-corrected chi connectivity index (χ0v) is 13.8. The van der Waals surface area contributed by atoms with Crippen molar-refractivity contribution in [2.45, 2.75) is 31.2 Å². The minimum atomic E-state index is -3.15. The van der Waals surface area contributed by atoms with E-state index in [1.807, 2.05) is 0 Å². The largest absolute Gasteiger partial charge is 0.415 e. The number of piperidine rings is 1. The molecule has 0 radical (unpaired) electrons. The number of likely N-dealkylation sites (tertiary alicyclic amines) is 2. The molecule has 0 aliphatic carbocycles. The molecule has 0 bridgehead atoms. The van der Waals surface area contributed by atoms with Crippen LogP contribution in [0.15, 0.2) is 18.2 Å². The van der Waals surface area contributed by atoms with E-state index in [-0.39, 0.29) is 23.8 Å². The van der Waals surface area contributed by atoms with E-state index < -0.39 is 36.8 Å². The molecule has 2 saturated heterocycles. The number of nitrogens with zero attached hydrogens (tertiary/aromatic N) is 3. The second-order valence-corrected chi connectivity index (χ2v) is 6.41. The maximum Gasteiger partial charge on any atom is 0.415 e. The van der Waals surface area contributed by atoms with Crippen LogP contribution in [0.5, 0.6) is 5.75 Å². The van der Waals surface area contributed by atoms with E-state index in [2.05, 4.69) is 0 Å². The van der Waals surface area contributed by atoms with Crippen molar-refractivity contribution >= 4 is 12.0 Å². The molecule has 2 amide bonds. The SMILES string of the molecule is N#Cc1ccc(OC(=O)N2C[C@H](N3CCCC3=O)CC(F)(F)C2)cc1F. The third-order valence-corrected chi connectivity index (χ3v) is 4.46. The lowest BCUT2D eigenvalue weighted by molar-refractivity contribution is -0.135. The standard InChI is InChI=1S/C17H16F3N3O3/c18-14-6-13(4-3-11(14)8-21)26-16(25)22-9-12(7-17(19,20)10-22)23-5-1-2-15(23)24/h3-4,6,12H,1-2,5,7,9-10H2/t12-/m1/s1. The van der Waals surface area contributed by atoms with Crippen molar-refractivity contribution < 1.29 is 27.5 Å². The number of rotatable bonds is 2. The second kappa shape index (κ2) is 6.86. The minimum Gasteiger partial charge on any atom is -0.410 e. The van der Waals surface area contributed by atoms with Crippen LogP contribution >= 0.6 is 0 Å². The van der Waals surface area contributed by atoms with E-state index in [0.29, 0.717) is 19.4 Å². The van der Waals surface area contributed by atoms with Crippen molar-refractivity contribution in [2.24, 2.45) is 0 Å². The number of halogens is 3. The van der Waals surface area contributed by atoms with E-state index in [4.69, 9.17) is 10.00 Å². The smallest absolute Gasteiger partial charge is 0.410 e. The van der Waals surface area contributed by atoms with Crippen LogP contribution in [0.3, 0.4) is 0 Å². The van der Waals surface area contributed by atoms with Gasteiger partial charge in [-0.05, 0) is 18.6 Å². The summed E-state index contributed by atoms with van der Waals surface area (Å²) in [4.78, 5) is 26.3. The molecule has 1 aromatic rings. The van der Waals surface area contributed by atoms with Gasteiger partial charge in [0.05, 0.1) is 18.2 Å². The van der Waals surface area contributed by atoms with Crippen LogP contribution in [0, 0.1) is 17.1 Å². The average molecular weight is 367 g/mol. The Balaban J connectivity index is 1.72. The lowest BCUT2D eigenvalue weighted by Gasteiger charge is -2.40. The summed E-state index contributed by atoms with van der Waals surface area (Å²) in [6, 6.07) is 4.04. The first-order valence-corrected chi connectivity index (χ1v) is 8.13. The first-order chi connectivity index (χ1) is 12.3. The highest BCUT2D eigenvalue weighted by molar-refractivity contribution is 5.78. The Hall–Kier alpha value is -2.76. The van der Waals surface area contributed by atoms with Crippen LogP contribution in [0.1, 0.15) is 24.8 Å². The monoisotopic (exact) mass is 367 g/mol. The number of ether oxygens (including phenoxy) is 1. The van der Waals surface area contributed by atoms with Crippen LogP contribution in [0.25, 0.3) is 0 Å². The van der Waals surface area contributed by atoms with Gasteiger partial charge in [0.15, 0.2) is 0 Å². The number of nitriles is 1. The third-order valence-electron chi connectivity index (χ3n) is 4.46. The van der Waals surface area contributed by atoms with Gasteiger partial charge in [-0.25, -0.2) is 18.0 Å². The molecule has 2 fully saturated rings. The van der Waals surface area contributed by atoms with Crippen molar-refractivity contribution in [3.05, 3.63) is 29.6 Å². The molecule has 26 heavy (non-hydrogen) atoms. The molecule has 0 aromatic heterocycles. The molecular formula is C17H16F3N3O3. The summed E-state index contributed by atoms with van der Waals surface area (Å²) in [6.45, 7) is -0.509. The van der Waals surface area contributed by atoms with Gasteiger partial charge < -0.3 is 9.64 Å². The number of carbonyl (C=O) groups excluding carboxylic acids is 2. The molecule has 3 rings (SSSR count). The topological polar surface area (TPSA) is 73.6 Å². The molecule has 2 aliphatic rings. The molecule has 2 heterocycles. The van der Waals surface area contributed by atoms with Gasteiger partial charge in [0, 0.05) is 32.0 Å². The third kappa shape index (κ3) is 3.74. The Morgan fingerprint density at radius 1 is 1.38 bits per heavy atom. The molecule has 2 aliphatic heterocycles. The number of hydrogen-bond acceptors (Lipinski definition) is 4. The lowest BCUT2D eigenvalue weighted by atomic mass is 10.0. The van der Waals surface area contributed by atoms with Crippen LogP contribution < -0.4 is 4.74 Å². The normalized spacial score (nSPS) is 22.2. The van der Waals surface area contributed by atoms with Crippen molar-refractivity contribution in [2.75, 3.05) is 19.6 Å². The van der Waals surface area contributed by atoms with Crippen LogP contribution in [-0.4, -0.2) is 53.4 Å². The van der Waals surface area contributed by atoms with E-state index in [0.717, 1.165) is 17.0 Å². The summed E-state index contributed by atoms with van der Waals surface area (Å²) in [7, 11) is 0. The van der Waals surface area contributed by atoms with Crippen molar-refractivity contribution in [3.8, 4) is 11.8 Å². The lowest BCUT2D eigenvalue weighted by Crippen LogP contribution is -2.57. The number of benzene rings is 1. The predicted octanol–water partition coefficient (Wildman–Crippen LogP) is 2.53. The maximum atomic E-state index is 14.1. The predicted molar refractivity (Wildman–Crippen MR) is 83.0 cm³/mol. The second-order valence-electron chi connectivity index (χ2n) is 6.41. The molecule has 0 spiro atoms. The highest BCUT2D eigenvalue weighted by Gasteiger charge is 2.46. The Kier molecular flexibility index (Phi) is 4.76.